The predicted molar refractivity (Wildman–Crippen MR) is 113 cm³/mol. The summed E-state index contributed by atoms with van der Waals surface area (Å²) in [5.41, 5.74) is -0.417. The van der Waals surface area contributed by atoms with Gasteiger partial charge in [-0.1, -0.05) is 13.8 Å². The van der Waals surface area contributed by atoms with Gasteiger partial charge in [0.1, 0.15) is 6.04 Å². The van der Waals surface area contributed by atoms with Gasteiger partial charge in [-0.2, -0.15) is 0 Å². The molecule has 8 heteroatoms. The normalized spacial score (nSPS) is 35.7. The van der Waals surface area contributed by atoms with Gasteiger partial charge in [0, 0.05) is 30.5 Å². The summed E-state index contributed by atoms with van der Waals surface area (Å²) in [6.45, 7) is 10.8. The van der Waals surface area contributed by atoms with Gasteiger partial charge in [0.2, 0.25) is 17.7 Å². The van der Waals surface area contributed by atoms with Gasteiger partial charge >= 0.3 is 0 Å². The Balaban J connectivity index is 2.00. The number of likely N-dealkylation sites (tertiary alicyclic amines) is 1. The number of rotatable bonds is 7. The number of nitrogens with zero attached hydrogens (tertiary/aromatic N) is 1. The molecule has 3 aliphatic rings. The standard InChI is InChI=1S/C21H35N3O4S/c1-6-8-22-17(26)14-13-11-12(2)21(29-13)15(14)19(28)24(9-7-10-25)16(21)18(27)23-20(3,4)5/h12-16,25H,6-11H2,1-5H3,(H,22,26)(H,23,27)/t12?,13-,14+,15-,16?,21?/m0/s1. The zero-order valence-corrected chi connectivity index (χ0v) is 19.0. The summed E-state index contributed by atoms with van der Waals surface area (Å²) in [4.78, 5) is 41.6. The molecule has 3 unspecified atom stereocenters. The van der Waals surface area contributed by atoms with E-state index in [1.54, 1.807) is 16.7 Å². The molecule has 0 aliphatic carbocycles. The fourth-order valence-corrected chi connectivity index (χ4v) is 7.83. The maximum Gasteiger partial charge on any atom is 0.244 e. The van der Waals surface area contributed by atoms with E-state index in [0.717, 1.165) is 12.8 Å². The average Bonchev–Trinajstić information content (AvgIpc) is 3.20. The van der Waals surface area contributed by atoms with E-state index in [1.807, 2.05) is 27.7 Å². The third kappa shape index (κ3) is 3.67. The number of aliphatic hydroxyl groups excluding tert-OH is 1. The third-order valence-electron chi connectivity index (χ3n) is 6.40. The number of hydrogen-bond donors (Lipinski definition) is 3. The van der Waals surface area contributed by atoms with Gasteiger partial charge in [0.15, 0.2) is 0 Å². The molecule has 3 saturated heterocycles. The predicted octanol–water partition coefficient (Wildman–Crippen LogP) is 1.15. The topological polar surface area (TPSA) is 98.7 Å². The van der Waals surface area contributed by atoms with Crippen molar-refractivity contribution in [1.29, 1.82) is 0 Å². The quantitative estimate of drug-likeness (QED) is 0.568. The Morgan fingerprint density at radius 1 is 1.31 bits per heavy atom. The maximum atomic E-state index is 13.6. The van der Waals surface area contributed by atoms with E-state index in [9.17, 15) is 19.5 Å². The summed E-state index contributed by atoms with van der Waals surface area (Å²) in [6.07, 6.45) is 2.10. The van der Waals surface area contributed by atoms with Crippen LogP contribution >= 0.6 is 11.8 Å². The van der Waals surface area contributed by atoms with Crippen molar-refractivity contribution in [1.82, 2.24) is 15.5 Å². The van der Waals surface area contributed by atoms with Crippen LogP contribution in [0.1, 0.15) is 53.9 Å². The lowest BCUT2D eigenvalue weighted by Crippen LogP contribution is -2.59. The number of fused-ring (bicyclic) bond motifs is 1. The lowest BCUT2D eigenvalue weighted by atomic mass is 9.65. The van der Waals surface area contributed by atoms with Crippen molar-refractivity contribution in [3.8, 4) is 0 Å². The van der Waals surface area contributed by atoms with Crippen LogP contribution in [0.4, 0.5) is 0 Å². The lowest BCUT2D eigenvalue weighted by molar-refractivity contribution is -0.140. The highest BCUT2D eigenvalue weighted by Crippen LogP contribution is 2.68. The smallest absolute Gasteiger partial charge is 0.244 e. The van der Waals surface area contributed by atoms with Crippen LogP contribution in [0.2, 0.25) is 0 Å². The molecule has 3 fully saturated rings. The Bertz CT molecular complexity index is 679. The number of carbonyl (C=O) groups excluding carboxylic acids is 3. The third-order valence-corrected chi connectivity index (χ3v) is 8.48. The molecule has 0 saturated carbocycles. The van der Waals surface area contributed by atoms with Crippen molar-refractivity contribution in [3.63, 3.8) is 0 Å². The van der Waals surface area contributed by atoms with Crippen LogP contribution in [0.5, 0.6) is 0 Å². The first-order chi connectivity index (χ1) is 13.6. The molecule has 3 heterocycles. The van der Waals surface area contributed by atoms with Crippen molar-refractivity contribution >= 4 is 29.5 Å². The monoisotopic (exact) mass is 425 g/mol. The summed E-state index contributed by atoms with van der Waals surface area (Å²) >= 11 is 1.68. The van der Waals surface area contributed by atoms with Crippen LogP contribution < -0.4 is 10.6 Å². The second-order valence-corrected chi connectivity index (χ2v) is 11.2. The molecule has 0 aromatic rings. The highest BCUT2D eigenvalue weighted by Gasteiger charge is 2.75. The number of hydrogen-bond acceptors (Lipinski definition) is 5. The largest absolute Gasteiger partial charge is 0.396 e. The molecule has 7 nitrogen and oxygen atoms in total. The second kappa shape index (κ2) is 8.10. The highest BCUT2D eigenvalue weighted by atomic mass is 32.2. The molecule has 0 radical (unpaired) electrons. The van der Waals surface area contributed by atoms with Gasteiger partial charge in [-0.15, -0.1) is 11.8 Å². The van der Waals surface area contributed by atoms with Crippen molar-refractivity contribution in [2.75, 3.05) is 19.7 Å². The molecule has 3 N–H and O–H groups in total. The van der Waals surface area contributed by atoms with E-state index >= 15 is 0 Å². The van der Waals surface area contributed by atoms with E-state index in [-0.39, 0.29) is 41.4 Å². The highest BCUT2D eigenvalue weighted by molar-refractivity contribution is 8.02. The van der Waals surface area contributed by atoms with Crippen molar-refractivity contribution in [2.45, 2.75) is 75.5 Å². The zero-order valence-electron chi connectivity index (χ0n) is 18.2. The molecular formula is C21H35N3O4S. The molecule has 3 rings (SSSR count). The second-order valence-electron chi connectivity index (χ2n) is 9.69. The number of thioether (sulfide) groups is 1. The van der Waals surface area contributed by atoms with E-state index in [0.29, 0.717) is 19.5 Å². The van der Waals surface area contributed by atoms with E-state index in [2.05, 4.69) is 17.6 Å². The SMILES string of the molecule is CCCNC(=O)[C@@H]1[C@@H]2CC(C)C3(S2)C(C(=O)NC(C)(C)C)N(CCCO)C(=O)[C@H]13. The van der Waals surface area contributed by atoms with Crippen LogP contribution in [0.25, 0.3) is 0 Å². The van der Waals surface area contributed by atoms with Gasteiger partial charge in [0.25, 0.3) is 0 Å². The zero-order chi connectivity index (χ0) is 21.6. The molecule has 2 bridgehead atoms. The Kier molecular flexibility index (Phi) is 6.26. The van der Waals surface area contributed by atoms with Gasteiger partial charge in [-0.05, 0) is 46.0 Å². The minimum Gasteiger partial charge on any atom is -0.396 e. The maximum absolute atomic E-state index is 13.6. The van der Waals surface area contributed by atoms with Crippen LogP contribution in [-0.2, 0) is 14.4 Å². The fraction of sp³-hybridized carbons (Fsp3) is 0.857. The van der Waals surface area contributed by atoms with Crippen molar-refractivity contribution < 1.29 is 19.5 Å². The van der Waals surface area contributed by atoms with Gasteiger partial charge < -0.3 is 20.6 Å². The summed E-state index contributed by atoms with van der Waals surface area (Å²) in [5, 5.41) is 15.5. The number of aliphatic hydroxyl groups is 1. The molecule has 3 aliphatic heterocycles. The molecule has 29 heavy (non-hydrogen) atoms. The van der Waals surface area contributed by atoms with E-state index in [4.69, 9.17) is 0 Å². The number of amides is 3. The molecule has 1 spiro atoms. The minimum atomic E-state index is -0.611. The molecular weight excluding hydrogens is 390 g/mol. The van der Waals surface area contributed by atoms with Crippen LogP contribution in [0.15, 0.2) is 0 Å². The van der Waals surface area contributed by atoms with Crippen LogP contribution in [0, 0.1) is 17.8 Å². The summed E-state index contributed by atoms with van der Waals surface area (Å²) in [5.74, 6) is -1.02. The molecule has 3 amide bonds. The molecule has 0 aromatic carbocycles. The molecule has 0 aromatic heterocycles. The Labute approximate surface area is 177 Å². The van der Waals surface area contributed by atoms with Crippen molar-refractivity contribution in [3.05, 3.63) is 0 Å². The van der Waals surface area contributed by atoms with Gasteiger partial charge in [0.05, 0.1) is 16.6 Å². The number of nitrogens with one attached hydrogen (secondary N) is 2. The first-order valence-corrected chi connectivity index (χ1v) is 11.6. The van der Waals surface area contributed by atoms with Crippen LogP contribution in [0.3, 0.4) is 0 Å². The van der Waals surface area contributed by atoms with E-state index in [1.165, 1.54) is 0 Å². The van der Waals surface area contributed by atoms with Gasteiger partial charge in [-0.3, -0.25) is 14.4 Å². The summed E-state index contributed by atoms with van der Waals surface area (Å²) < 4.78 is -0.583. The Morgan fingerprint density at radius 3 is 2.59 bits per heavy atom. The van der Waals surface area contributed by atoms with Crippen LogP contribution in [-0.4, -0.2) is 69.0 Å². The van der Waals surface area contributed by atoms with E-state index < -0.39 is 22.2 Å². The Morgan fingerprint density at radius 2 is 2.00 bits per heavy atom. The average molecular weight is 426 g/mol. The molecule has 164 valence electrons. The first kappa shape index (κ1) is 22.4. The summed E-state index contributed by atoms with van der Waals surface area (Å²) in [7, 11) is 0. The van der Waals surface area contributed by atoms with Gasteiger partial charge in [-0.25, -0.2) is 0 Å². The lowest BCUT2D eigenvalue weighted by Gasteiger charge is -2.39. The first-order valence-electron chi connectivity index (χ1n) is 10.8. The summed E-state index contributed by atoms with van der Waals surface area (Å²) in [6, 6.07) is -0.611. The minimum absolute atomic E-state index is 0.0409. The van der Waals surface area contributed by atoms with Crippen molar-refractivity contribution in [2.24, 2.45) is 17.8 Å². The number of carbonyl (C=O) groups is 3. The molecule has 6 atom stereocenters. The fourth-order valence-electron chi connectivity index (χ4n) is 5.41. The Hall–Kier alpha value is -1.28.